The highest BCUT2D eigenvalue weighted by molar-refractivity contribution is 6.30. The third kappa shape index (κ3) is 3.61. The van der Waals surface area contributed by atoms with Crippen molar-refractivity contribution in [3.63, 3.8) is 0 Å². The number of hydrogen-bond donors (Lipinski definition) is 1. The smallest absolute Gasteiger partial charge is 0.321 e. The van der Waals surface area contributed by atoms with Gasteiger partial charge in [-0.05, 0) is 37.2 Å². The molecule has 0 aromatic heterocycles. The number of aryl methyl sites for hydroxylation is 1. The maximum absolute atomic E-state index is 12.2. The summed E-state index contributed by atoms with van der Waals surface area (Å²) in [6, 6.07) is 5.46. The van der Waals surface area contributed by atoms with Gasteiger partial charge < -0.3 is 15.1 Å². The second-order valence-electron chi connectivity index (χ2n) is 4.81. The number of hydrogen-bond acceptors (Lipinski definition) is 2. The molecular formula is C14H20ClN3O. The average Bonchev–Trinajstić information content (AvgIpc) is 2.42. The van der Waals surface area contributed by atoms with Crippen LogP contribution in [0, 0.1) is 6.92 Å². The number of carbonyl (C=O) groups is 1. The molecule has 1 aliphatic heterocycles. The fourth-order valence-corrected chi connectivity index (χ4v) is 2.46. The number of carbonyl (C=O) groups excluding carboxylic acids is 1. The van der Waals surface area contributed by atoms with Crippen molar-refractivity contribution in [2.24, 2.45) is 0 Å². The zero-order valence-electron chi connectivity index (χ0n) is 11.4. The van der Waals surface area contributed by atoms with Crippen LogP contribution in [-0.4, -0.2) is 48.6 Å². The number of urea groups is 1. The topological polar surface area (TPSA) is 35.6 Å². The molecule has 0 radical (unpaired) electrons. The van der Waals surface area contributed by atoms with Crippen LogP contribution in [0.4, 0.5) is 10.5 Å². The minimum absolute atomic E-state index is 0.0267. The molecule has 2 rings (SSSR count). The molecule has 2 amide bonds. The Bertz CT molecular complexity index is 456. The Kier molecular flexibility index (Phi) is 4.66. The lowest BCUT2D eigenvalue weighted by atomic mass is 10.2. The Morgan fingerprint density at radius 3 is 2.58 bits per heavy atom. The van der Waals surface area contributed by atoms with Gasteiger partial charge >= 0.3 is 6.03 Å². The van der Waals surface area contributed by atoms with Crippen LogP contribution in [0.3, 0.4) is 0 Å². The molecule has 1 fully saturated rings. The van der Waals surface area contributed by atoms with Crippen LogP contribution in [0.25, 0.3) is 0 Å². The molecule has 1 saturated heterocycles. The largest absolute Gasteiger partial charge is 0.322 e. The molecule has 4 nitrogen and oxygen atoms in total. The van der Waals surface area contributed by atoms with E-state index in [1.165, 1.54) is 0 Å². The lowest BCUT2D eigenvalue weighted by molar-refractivity contribution is 0.151. The van der Waals surface area contributed by atoms with Crippen molar-refractivity contribution in [3.8, 4) is 0 Å². The van der Waals surface area contributed by atoms with E-state index in [2.05, 4.69) is 17.1 Å². The van der Waals surface area contributed by atoms with E-state index in [9.17, 15) is 4.79 Å². The van der Waals surface area contributed by atoms with Crippen LogP contribution < -0.4 is 5.32 Å². The van der Waals surface area contributed by atoms with E-state index < -0.39 is 0 Å². The highest BCUT2D eigenvalue weighted by atomic mass is 35.5. The van der Waals surface area contributed by atoms with Gasteiger partial charge in [0, 0.05) is 36.9 Å². The lowest BCUT2D eigenvalue weighted by Gasteiger charge is -2.34. The first-order valence-corrected chi connectivity index (χ1v) is 7.02. The summed E-state index contributed by atoms with van der Waals surface area (Å²) in [6.07, 6.45) is 0. The molecule has 1 aromatic carbocycles. The van der Waals surface area contributed by atoms with Crippen LogP contribution in [0.15, 0.2) is 18.2 Å². The van der Waals surface area contributed by atoms with Gasteiger partial charge in [0.1, 0.15) is 0 Å². The number of anilines is 1. The summed E-state index contributed by atoms with van der Waals surface area (Å²) in [4.78, 5) is 16.4. The SMILES string of the molecule is CCN1CCN(C(=O)Nc2ccc(Cl)cc2C)CC1. The van der Waals surface area contributed by atoms with E-state index in [1.807, 2.05) is 24.0 Å². The van der Waals surface area contributed by atoms with Gasteiger partial charge in [0.25, 0.3) is 0 Å². The third-order valence-electron chi connectivity index (χ3n) is 3.54. The van der Waals surface area contributed by atoms with Crippen LogP contribution in [0.2, 0.25) is 5.02 Å². The zero-order valence-corrected chi connectivity index (χ0v) is 12.2. The number of piperazine rings is 1. The van der Waals surface area contributed by atoms with E-state index in [4.69, 9.17) is 11.6 Å². The molecule has 0 spiro atoms. The van der Waals surface area contributed by atoms with E-state index in [0.717, 1.165) is 44.0 Å². The number of halogens is 1. The number of nitrogens with one attached hydrogen (secondary N) is 1. The van der Waals surface area contributed by atoms with Gasteiger partial charge in [-0.3, -0.25) is 0 Å². The van der Waals surface area contributed by atoms with Crippen LogP contribution in [-0.2, 0) is 0 Å². The maximum atomic E-state index is 12.2. The molecular weight excluding hydrogens is 262 g/mol. The molecule has 0 aliphatic carbocycles. The van der Waals surface area contributed by atoms with Crippen molar-refractivity contribution in [1.29, 1.82) is 0 Å². The van der Waals surface area contributed by atoms with Crippen molar-refractivity contribution in [2.45, 2.75) is 13.8 Å². The van der Waals surface area contributed by atoms with Gasteiger partial charge in [0.15, 0.2) is 0 Å². The first-order valence-electron chi connectivity index (χ1n) is 6.64. The third-order valence-corrected chi connectivity index (χ3v) is 3.77. The maximum Gasteiger partial charge on any atom is 0.321 e. The summed E-state index contributed by atoms with van der Waals surface area (Å²) in [7, 11) is 0. The Hall–Kier alpha value is -1.26. The Morgan fingerprint density at radius 2 is 2.00 bits per heavy atom. The van der Waals surface area contributed by atoms with Gasteiger partial charge in [0.05, 0.1) is 0 Å². The van der Waals surface area contributed by atoms with E-state index >= 15 is 0 Å². The number of nitrogens with zero attached hydrogens (tertiary/aromatic N) is 2. The number of amides is 2. The van der Waals surface area contributed by atoms with Gasteiger partial charge in [0.2, 0.25) is 0 Å². The average molecular weight is 282 g/mol. The minimum atomic E-state index is -0.0267. The number of likely N-dealkylation sites (N-methyl/N-ethyl adjacent to an activating group) is 1. The van der Waals surface area contributed by atoms with Gasteiger partial charge in [-0.1, -0.05) is 18.5 Å². The fraction of sp³-hybridized carbons (Fsp3) is 0.500. The first kappa shape index (κ1) is 14.2. The second-order valence-corrected chi connectivity index (χ2v) is 5.25. The zero-order chi connectivity index (χ0) is 13.8. The highest BCUT2D eigenvalue weighted by Crippen LogP contribution is 2.20. The highest BCUT2D eigenvalue weighted by Gasteiger charge is 2.20. The molecule has 104 valence electrons. The predicted octanol–water partition coefficient (Wildman–Crippen LogP) is 2.82. The quantitative estimate of drug-likeness (QED) is 0.905. The van der Waals surface area contributed by atoms with Crippen molar-refractivity contribution < 1.29 is 4.79 Å². The molecule has 5 heteroatoms. The standard InChI is InChI=1S/C14H20ClN3O/c1-3-17-6-8-18(9-7-17)14(19)16-13-5-4-12(15)10-11(13)2/h4-5,10H,3,6-9H2,1-2H3,(H,16,19). The molecule has 1 N–H and O–H groups in total. The normalized spacial score (nSPS) is 16.5. The Balaban J connectivity index is 1.94. The Labute approximate surface area is 119 Å². The molecule has 0 atom stereocenters. The van der Waals surface area contributed by atoms with Crippen molar-refractivity contribution >= 4 is 23.3 Å². The first-order chi connectivity index (χ1) is 9.10. The molecule has 1 aliphatic rings. The predicted molar refractivity (Wildman–Crippen MR) is 78.9 cm³/mol. The van der Waals surface area contributed by atoms with Crippen LogP contribution >= 0.6 is 11.6 Å². The molecule has 0 bridgehead atoms. The summed E-state index contributed by atoms with van der Waals surface area (Å²) >= 11 is 5.91. The molecule has 0 unspecified atom stereocenters. The lowest BCUT2D eigenvalue weighted by Crippen LogP contribution is -2.49. The van der Waals surface area contributed by atoms with Gasteiger partial charge in [-0.2, -0.15) is 0 Å². The van der Waals surface area contributed by atoms with Crippen LogP contribution in [0.1, 0.15) is 12.5 Å². The second kappa shape index (κ2) is 6.26. The molecule has 0 saturated carbocycles. The summed E-state index contributed by atoms with van der Waals surface area (Å²) in [5, 5.41) is 3.64. The van der Waals surface area contributed by atoms with Crippen molar-refractivity contribution in [1.82, 2.24) is 9.80 Å². The fourth-order valence-electron chi connectivity index (χ4n) is 2.23. The molecule has 1 aromatic rings. The number of rotatable bonds is 2. The van der Waals surface area contributed by atoms with Crippen LogP contribution in [0.5, 0.6) is 0 Å². The van der Waals surface area contributed by atoms with E-state index in [1.54, 1.807) is 6.07 Å². The van der Waals surface area contributed by atoms with Crippen molar-refractivity contribution in [2.75, 3.05) is 38.0 Å². The Morgan fingerprint density at radius 1 is 1.32 bits per heavy atom. The van der Waals surface area contributed by atoms with Gasteiger partial charge in [-0.25, -0.2) is 4.79 Å². The summed E-state index contributed by atoms with van der Waals surface area (Å²) in [6.45, 7) is 8.60. The summed E-state index contributed by atoms with van der Waals surface area (Å²) in [5.41, 5.74) is 1.81. The van der Waals surface area contributed by atoms with Gasteiger partial charge in [-0.15, -0.1) is 0 Å². The number of benzene rings is 1. The molecule has 19 heavy (non-hydrogen) atoms. The van der Waals surface area contributed by atoms with Crippen molar-refractivity contribution in [3.05, 3.63) is 28.8 Å². The minimum Gasteiger partial charge on any atom is -0.322 e. The molecule has 1 heterocycles. The monoisotopic (exact) mass is 281 g/mol. The summed E-state index contributed by atoms with van der Waals surface area (Å²) in [5.74, 6) is 0. The summed E-state index contributed by atoms with van der Waals surface area (Å²) < 4.78 is 0. The van der Waals surface area contributed by atoms with E-state index in [0.29, 0.717) is 5.02 Å². The van der Waals surface area contributed by atoms with E-state index in [-0.39, 0.29) is 6.03 Å².